The van der Waals surface area contributed by atoms with Gasteiger partial charge in [0, 0.05) is 29.4 Å². The highest BCUT2D eigenvalue weighted by molar-refractivity contribution is 7.84. The Balaban J connectivity index is 1.85. The van der Waals surface area contributed by atoms with Crippen LogP contribution in [0.2, 0.25) is 0 Å². The van der Waals surface area contributed by atoms with E-state index in [-0.39, 0.29) is 6.10 Å². The fourth-order valence-corrected chi connectivity index (χ4v) is 4.43. The molecule has 4 heteroatoms. The average Bonchev–Trinajstić information content (AvgIpc) is 2.77. The Labute approximate surface area is 195 Å². The summed E-state index contributed by atoms with van der Waals surface area (Å²) in [4.78, 5) is 0. The summed E-state index contributed by atoms with van der Waals surface area (Å²) in [6.45, 7) is 4.46. The first-order valence-electron chi connectivity index (χ1n) is 12.8. The van der Waals surface area contributed by atoms with Gasteiger partial charge < -0.3 is 9.47 Å². The molecule has 1 rings (SSSR count). The third-order valence-corrected chi connectivity index (χ3v) is 6.58. The van der Waals surface area contributed by atoms with Crippen LogP contribution in [0.25, 0.3) is 0 Å². The van der Waals surface area contributed by atoms with Crippen LogP contribution in [0.3, 0.4) is 0 Å². The molecule has 2 atom stereocenters. The molecule has 0 bridgehead atoms. The van der Waals surface area contributed by atoms with Gasteiger partial charge in [-0.1, -0.05) is 108 Å². The fraction of sp³-hybridized carbons (Fsp3) is 0.778. The second-order valence-electron chi connectivity index (χ2n) is 8.80. The molecule has 2 unspecified atom stereocenters. The molecule has 3 nitrogen and oxygen atoms in total. The number of benzene rings is 1. The van der Waals surface area contributed by atoms with Crippen molar-refractivity contribution in [3.63, 3.8) is 0 Å². The van der Waals surface area contributed by atoms with Gasteiger partial charge in [0.25, 0.3) is 0 Å². The first-order chi connectivity index (χ1) is 15.2. The van der Waals surface area contributed by atoms with Gasteiger partial charge in [-0.2, -0.15) is 0 Å². The van der Waals surface area contributed by atoms with Crippen molar-refractivity contribution in [1.29, 1.82) is 0 Å². The Morgan fingerprint density at radius 1 is 0.806 bits per heavy atom. The zero-order valence-electron chi connectivity index (χ0n) is 20.3. The maximum absolute atomic E-state index is 11.0. The van der Waals surface area contributed by atoms with Crippen LogP contribution in [-0.2, 0) is 26.9 Å². The standard InChI is InChI=1S/C27H48O3S/c1-3-19-27(30-24-26-20-15-14-16-21-26)25-29-22-17-12-10-8-6-4-5-7-9-11-13-18-23-31(2)28/h14-16,20-21,27H,3-13,17-19,22-25H2,1-2H3. The SMILES string of the molecule is CCCC(COCCCCCCCCCCCCCCS(C)=O)OCc1ccccc1. The van der Waals surface area contributed by atoms with E-state index in [9.17, 15) is 4.21 Å². The molecule has 0 radical (unpaired) electrons. The summed E-state index contributed by atoms with van der Waals surface area (Å²) >= 11 is 0. The normalized spacial score (nSPS) is 13.4. The summed E-state index contributed by atoms with van der Waals surface area (Å²) in [6, 6.07) is 10.4. The van der Waals surface area contributed by atoms with Gasteiger partial charge >= 0.3 is 0 Å². The van der Waals surface area contributed by atoms with E-state index < -0.39 is 10.8 Å². The van der Waals surface area contributed by atoms with Gasteiger partial charge in [-0.05, 0) is 24.8 Å². The van der Waals surface area contributed by atoms with Crippen molar-refractivity contribution in [1.82, 2.24) is 0 Å². The first kappa shape index (κ1) is 28.3. The first-order valence-corrected chi connectivity index (χ1v) is 14.5. The molecule has 0 heterocycles. The van der Waals surface area contributed by atoms with E-state index in [1.807, 2.05) is 6.07 Å². The molecule has 0 aromatic heterocycles. The summed E-state index contributed by atoms with van der Waals surface area (Å²) in [5, 5.41) is 0. The minimum Gasteiger partial charge on any atom is -0.379 e. The topological polar surface area (TPSA) is 35.5 Å². The highest BCUT2D eigenvalue weighted by Gasteiger charge is 2.08. The van der Waals surface area contributed by atoms with Crippen LogP contribution >= 0.6 is 0 Å². The van der Waals surface area contributed by atoms with Gasteiger partial charge in [0.05, 0.1) is 19.3 Å². The van der Waals surface area contributed by atoms with Crippen LogP contribution in [0.4, 0.5) is 0 Å². The summed E-state index contributed by atoms with van der Waals surface area (Å²) in [6.07, 6.45) is 19.9. The Morgan fingerprint density at radius 2 is 1.35 bits per heavy atom. The lowest BCUT2D eigenvalue weighted by atomic mass is 10.1. The molecule has 0 fully saturated rings. The maximum Gasteiger partial charge on any atom is 0.0812 e. The lowest BCUT2D eigenvalue weighted by Gasteiger charge is -2.17. The number of hydrogen-bond donors (Lipinski definition) is 0. The van der Waals surface area contributed by atoms with Crippen LogP contribution in [0, 0.1) is 0 Å². The number of unbranched alkanes of at least 4 members (excludes halogenated alkanes) is 11. The van der Waals surface area contributed by atoms with Crippen LogP contribution in [0.1, 0.15) is 102 Å². The largest absolute Gasteiger partial charge is 0.379 e. The molecule has 1 aromatic rings. The third kappa shape index (κ3) is 18.6. The predicted octanol–water partition coefficient (Wildman–Crippen LogP) is 7.45. The van der Waals surface area contributed by atoms with E-state index in [1.54, 1.807) is 6.26 Å². The summed E-state index contributed by atoms with van der Waals surface area (Å²) < 4.78 is 23.0. The van der Waals surface area contributed by atoms with Crippen LogP contribution in [-0.4, -0.2) is 35.5 Å². The fourth-order valence-electron chi connectivity index (χ4n) is 3.82. The second-order valence-corrected chi connectivity index (χ2v) is 10.4. The second kappa shape index (κ2) is 21.2. The van der Waals surface area contributed by atoms with Crippen molar-refractivity contribution in [3.8, 4) is 0 Å². The van der Waals surface area contributed by atoms with E-state index in [1.165, 1.54) is 76.2 Å². The van der Waals surface area contributed by atoms with Crippen molar-refractivity contribution in [2.24, 2.45) is 0 Å². The van der Waals surface area contributed by atoms with Gasteiger partial charge in [0.2, 0.25) is 0 Å². The number of rotatable bonds is 22. The quantitative estimate of drug-likeness (QED) is 0.171. The lowest BCUT2D eigenvalue weighted by molar-refractivity contribution is -0.0295. The maximum atomic E-state index is 11.0. The number of hydrogen-bond acceptors (Lipinski definition) is 3. The molecule has 31 heavy (non-hydrogen) atoms. The molecule has 0 aliphatic heterocycles. The lowest BCUT2D eigenvalue weighted by Crippen LogP contribution is -2.20. The molecule has 0 spiro atoms. The van der Waals surface area contributed by atoms with Gasteiger partial charge in [0.1, 0.15) is 0 Å². The third-order valence-electron chi connectivity index (χ3n) is 5.71. The molecular weight excluding hydrogens is 404 g/mol. The average molecular weight is 453 g/mol. The summed E-state index contributed by atoms with van der Waals surface area (Å²) in [5.41, 5.74) is 1.23. The smallest absolute Gasteiger partial charge is 0.0812 e. The monoisotopic (exact) mass is 452 g/mol. The van der Waals surface area contributed by atoms with Gasteiger partial charge in [0.15, 0.2) is 0 Å². The molecule has 1 aromatic carbocycles. The molecule has 0 amide bonds. The zero-order valence-corrected chi connectivity index (χ0v) is 21.1. The molecule has 0 aliphatic carbocycles. The molecule has 0 saturated carbocycles. The van der Waals surface area contributed by atoms with E-state index >= 15 is 0 Å². The Kier molecular flexibility index (Phi) is 19.3. The highest BCUT2D eigenvalue weighted by Crippen LogP contribution is 2.13. The van der Waals surface area contributed by atoms with E-state index in [0.717, 1.165) is 38.2 Å². The van der Waals surface area contributed by atoms with E-state index in [2.05, 4.69) is 31.2 Å². The Hall–Kier alpha value is -0.710. The Bertz CT molecular complexity index is 520. The van der Waals surface area contributed by atoms with Gasteiger partial charge in [-0.15, -0.1) is 0 Å². The molecule has 0 saturated heterocycles. The predicted molar refractivity (Wildman–Crippen MR) is 135 cm³/mol. The molecule has 180 valence electrons. The van der Waals surface area contributed by atoms with Crippen molar-refractivity contribution < 1.29 is 13.7 Å². The molecular formula is C27H48O3S. The number of ether oxygens (including phenoxy) is 2. The van der Waals surface area contributed by atoms with E-state index in [4.69, 9.17) is 9.47 Å². The van der Waals surface area contributed by atoms with Crippen LogP contribution in [0.5, 0.6) is 0 Å². The van der Waals surface area contributed by atoms with Gasteiger partial charge in [-0.3, -0.25) is 4.21 Å². The summed E-state index contributed by atoms with van der Waals surface area (Å²) in [5.74, 6) is 0.881. The van der Waals surface area contributed by atoms with Crippen molar-refractivity contribution >= 4 is 10.8 Å². The van der Waals surface area contributed by atoms with E-state index in [0.29, 0.717) is 6.61 Å². The molecule has 0 N–H and O–H groups in total. The van der Waals surface area contributed by atoms with Crippen LogP contribution in [0.15, 0.2) is 30.3 Å². The highest BCUT2D eigenvalue weighted by atomic mass is 32.2. The summed E-state index contributed by atoms with van der Waals surface area (Å²) in [7, 11) is -0.607. The van der Waals surface area contributed by atoms with Crippen molar-refractivity contribution in [2.75, 3.05) is 25.2 Å². The van der Waals surface area contributed by atoms with Crippen LogP contribution < -0.4 is 0 Å². The minimum atomic E-state index is -0.607. The zero-order chi connectivity index (χ0) is 22.4. The van der Waals surface area contributed by atoms with Gasteiger partial charge in [-0.25, -0.2) is 0 Å². The minimum absolute atomic E-state index is 0.209. The van der Waals surface area contributed by atoms with Crippen molar-refractivity contribution in [3.05, 3.63) is 35.9 Å². The molecule has 0 aliphatic rings. The Morgan fingerprint density at radius 3 is 1.90 bits per heavy atom. The van der Waals surface area contributed by atoms with Crippen molar-refractivity contribution in [2.45, 2.75) is 110 Å².